The van der Waals surface area contributed by atoms with E-state index in [9.17, 15) is 14.0 Å². The van der Waals surface area contributed by atoms with Crippen LogP contribution in [0.4, 0.5) is 4.39 Å². The topological polar surface area (TPSA) is 62.3 Å². The number of likely N-dealkylation sites (tertiary alicyclic amines) is 1. The third-order valence-corrected chi connectivity index (χ3v) is 6.27. The van der Waals surface area contributed by atoms with Gasteiger partial charge in [-0.15, -0.1) is 0 Å². The van der Waals surface area contributed by atoms with Gasteiger partial charge in [-0.1, -0.05) is 36.4 Å². The number of nitrogens with one attached hydrogen (secondary N) is 1. The number of hydrogen-bond acceptors (Lipinski definition) is 3. The smallest absolute Gasteiger partial charge is 0.253 e. The van der Waals surface area contributed by atoms with Crippen LogP contribution in [-0.2, 0) is 11.2 Å². The van der Waals surface area contributed by atoms with E-state index >= 15 is 0 Å². The summed E-state index contributed by atoms with van der Waals surface area (Å²) in [7, 11) is 0. The van der Waals surface area contributed by atoms with E-state index in [0.717, 1.165) is 16.7 Å². The molecule has 3 aromatic rings. The zero-order valence-corrected chi connectivity index (χ0v) is 18.8. The summed E-state index contributed by atoms with van der Waals surface area (Å²) in [5, 5.41) is 2.99. The molecule has 0 spiro atoms. The van der Waals surface area contributed by atoms with Crippen LogP contribution in [0.15, 0.2) is 73.1 Å². The summed E-state index contributed by atoms with van der Waals surface area (Å²) in [5.41, 5.74) is 2.59. The van der Waals surface area contributed by atoms with Crippen molar-refractivity contribution in [1.82, 2.24) is 15.2 Å². The molecule has 0 radical (unpaired) electrons. The summed E-state index contributed by atoms with van der Waals surface area (Å²) in [6, 6.07) is 17.7. The fourth-order valence-electron chi connectivity index (χ4n) is 4.71. The van der Waals surface area contributed by atoms with Crippen molar-refractivity contribution < 1.29 is 14.0 Å². The van der Waals surface area contributed by atoms with Crippen molar-refractivity contribution in [2.75, 3.05) is 19.6 Å². The molecule has 0 unspecified atom stereocenters. The van der Waals surface area contributed by atoms with Crippen LogP contribution in [0.1, 0.15) is 35.7 Å². The van der Waals surface area contributed by atoms with E-state index in [1.54, 1.807) is 17.2 Å². The molecule has 1 fully saturated rings. The van der Waals surface area contributed by atoms with E-state index in [2.05, 4.69) is 10.3 Å². The van der Waals surface area contributed by atoms with E-state index in [-0.39, 0.29) is 18.4 Å². The Morgan fingerprint density at radius 1 is 1.12 bits per heavy atom. The number of benzene rings is 2. The van der Waals surface area contributed by atoms with E-state index in [0.29, 0.717) is 37.9 Å². The molecule has 2 heterocycles. The van der Waals surface area contributed by atoms with Gasteiger partial charge in [-0.2, -0.15) is 0 Å². The summed E-state index contributed by atoms with van der Waals surface area (Å²) in [6.07, 6.45) is 5.43. The maximum atomic E-state index is 13.7. The molecule has 0 saturated carbocycles. The molecular formula is C27H28FN3O2. The number of piperidine rings is 1. The van der Waals surface area contributed by atoms with Gasteiger partial charge in [0.2, 0.25) is 5.91 Å². The van der Waals surface area contributed by atoms with Gasteiger partial charge in [0.25, 0.3) is 5.91 Å². The van der Waals surface area contributed by atoms with E-state index in [1.165, 1.54) is 18.2 Å². The van der Waals surface area contributed by atoms with Crippen LogP contribution in [0.5, 0.6) is 0 Å². The van der Waals surface area contributed by atoms with Crippen molar-refractivity contribution in [1.29, 1.82) is 0 Å². The maximum absolute atomic E-state index is 13.7. The minimum atomic E-state index is -0.768. The fraction of sp³-hybridized carbons (Fsp3) is 0.296. The summed E-state index contributed by atoms with van der Waals surface area (Å²) in [5.74, 6) is -0.746. The van der Waals surface area contributed by atoms with Gasteiger partial charge in [-0.25, -0.2) is 4.39 Å². The number of aromatic nitrogens is 1. The molecule has 6 heteroatoms. The van der Waals surface area contributed by atoms with Crippen LogP contribution in [-0.4, -0.2) is 41.3 Å². The molecule has 0 bridgehead atoms. The predicted octanol–water partition coefficient (Wildman–Crippen LogP) is 4.49. The second-order valence-corrected chi connectivity index (χ2v) is 8.56. The lowest BCUT2D eigenvalue weighted by Crippen LogP contribution is -2.54. The van der Waals surface area contributed by atoms with Crippen molar-refractivity contribution in [3.05, 3.63) is 90.0 Å². The molecule has 1 saturated heterocycles. The van der Waals surface area contributed by atoms with Crippen LogP contribution in [0, 0.1) is 11.2 Å². The van der Waals surface area contributed by atoms with Crippen LogP contribution in [0.25, 0.3) is 11.1 Å². The molecular weight excluding hydrogens is 417 g/mol. The van der Waals surface area contributed by atoms with Crippen LogP contribution >= 0.6 is 0 Å². The zero-order chi connectivity index (χ0) is 23.3. The van der Waals surface area contributed by atoms with Gasteiger partial charge in [0, 0.05) is 43.2 Å². The summed E-state index contributed by atoms with van der Waals surface area (Å²) < 4.78 is 13.7. The Morgan fingerprint density at radius 2 is 1.97 bits per heavy atom. The number of carbonyl (C=O) groups is 2. The van der Waals surface area contributed by atoms with Crippen molar-refractivity contribution >= 4 is 11.8 Å². The van der Waals surface area contributed by atoms with Crippen molar-refractivity contribution in [3.63, 3.8) is 0 Å². The molecule has 0 aliphatic carbocycles. The molecule has 1 N–H and O–H groups in total. The third-order valence-electron chi connectivity index (χ3n) is 6.27. The quantitative estimate of drug-likeness (QED) is 0.608. The van der Waals surface area contributed by atoms with Crippen molar-refractivity contribution in [3.8, 4) is 11.1 Å². The Labute approximate surface area is 193 Å². The van der Waals surface area contributed by atoms with Gasteiger partial charge in [0.1, 0.15) is 5.82 Å². The fourth-order valence-corrected chi connectivity index (χ4v) is 4.71. The number of nitrogens with zero attached hydrogens (tertiary/aromatic N) is 2. The Bertz CT molecular complexity index is 1130. The monoisotopic (exact) mass is 445 g/mol. The highest BCUT2D eigenvalue weighted by Crippen LogP contribution is 2.37. The predicted molar refractivity (Wildman–Crippen MR) is 126 cm³/mol. The van der Waals surface area contributed by atoms with E-state index in [4.69, 9.17) is 0 Å². The standard InChI is InChI=1S/C27H28FN3O2/c1-2-30-26(33)27(17-21-8-3-4-12-24(21)22-10-6-14-29-18-22)13-7-15-31(19-27)25(32)20-9-5-11-23(28)16-20/h3-6,8-12,14,16,18H,2,7,13,15,17,19H2,1H3,(H,30,33)/t27-/m0/s1. The van der Waals surface area contributed by atoms with Gasteiger partial charge in [-0.3, -0.25) is 14.6 Å². The Morgan fingerprint density at radius 3 is 2.73 bits per heavy atom. The molecule has 33 heavy (non-hydrogen) atoms. The lowest BCUT2D eigenvalue weighted by atomic mass is 9.73. The van der Waals surface area contributed by atoms with E-state index < -0.39 is 11.2 Å². The summed E-state index contributed by atoms with van der Waals surface area (Å²) in [4.78, 5) is 32.5. The number of amides is 2. The summed E-state index contributed by atoms with van der Waals surface area (Å²) >= 11 is 0. The molecule has 1 aliphatic rings. The van der Waals surface area contributed by atoms with Crippen LogP contribution in [0.3, 0.4) is 0 Å². The largest absolute Gasteiger partial charge is 0.356 e. The normalized spacial score (nSPS) is 18.1. The van der Waals surface area contributed by atoms with Gasteiger partial charge in [0.15, 0.2) is 0 Å². The molecule has 2 amide bonds. The SMILES string of the molecule is CCNC(=O)[C@]1(Cc2ccccc2-c2cccnc2)CCCN(C(=O)c2cccc(F)c2)C1. The minimum Gasteiger partial charge on any atom is -0.356 e. The molecule has 1 aromatic heterocycles. The molecule has 4 rings (SSSR count). The van der Waals surface area contributed by atoms with Crippen molar-refractivity contribution in [2.24, 2.45) is 5.41 Å². The first-order chi connectivity index (χ1) is 16.0. The highest BCUT2D eigenvalue weighted by Gasteiger charge is 2.43. The Balaban J connectivity index is 1.68. The van der Waals surface area contributed by atoms with Gasteiger partial charge >= 0.3 is 0 Å². The number of hydrogen-bond donors (Lipinski definition) is 1. The second kappa shape index (κ2) is 9.94. The first kappa shape index (κ1) is 22.6. The highest BCUT2D eigenvalue weighted by atomic mass is 19.1. The Hall–Kier alpha value is -3.54. The first-order valence-corrected chi connectivity index (χ1v) is 11.3. The van der Waals surface area contributed by atoms with Gasteiger partial charge in [-0.05, 0) is 61.6 Å². The second-order valence-electron chi connectivity index (χ2n) is 8.56. The van der Waals surface area contributed by atoms with Gasteiger partial charge < -0.3 is 10.2 Å². The number of pyridine rings is 1. The van der Waals surface area contributed by atoms with Crippen LogP contribution in [0.2, 0.25) is 0 Å². The zero-order valence-electron chi connectivity index (χ0n) is 18.8. The number of carbonyl (C=O) groups excluding carboxylic acids is 2. The average molecular weight is 446 g/mol. The highest BCUT2D eigenvalue weighted by molar-refractivity contribution is 5.95. The van der Waals surface area contributed by atoms with Crippen LogP contribution < -0.4 is 5.32 Å². The maximum Gasteiger partial charge on any atom is 0.253 e. The molecule has 2 aromatic carbocycles. The molecule has 1 aliphatic heterocycles. The Kier molecular flexibility index (Phi) is 6.82. The molecule has 170 valence electrons. The minimum absolute atomic E-state index is 0.0530. The number of halogens is 1. The van der Waals surface area contributed by atoms with E-state index in [1.807, 2.05) is 49.5 Å². The average Bonchev–Trinajstić information content (AvgIpc) is 2.85. The third kappa shape index (κ3) is 4.95. The first-order valence-electron chi connectivity index (χ1n) is 11.3. The number of rotatable bonds is 6. The molecule has 1 atom stereocenters. The molecule has 5 nitrogen and oxygen atoms in total. The summed E-state index contributed by atoms with van der Waals surface area (Å²) in [6.45, 7) is 3.24. The lowest BCUT2D eigenvalue weighted by Gasteiger charge is -2.42. The lowest BCUT2D eigenvalue weighted by molar-refractivity contribution is -0.133. The van der Waals surface area contributed by atoms with Gasteiger partial charge in [0.05, 0.1) is 5.41 Å². The van der Waals surface area contributed by atoms with Crippen molar-refractivity contribution in [2.45, 2.75) is 26.2 Å².